The zero-order valence-corrected chi connectivity index (χ0v) is 19.4. The quantitative estimate of drug-likeness (QED) is 0.551. The fraction of sp³-hybridized carbons (Fsp3) is 0.458. The number of rotatable bonds is 7. The molecule has 0 atom stereocenters. The third-order valence-electron chi connectivity index (χ3n) is 6.82. The number of aromatic nitrogens is 5. The van der Waals surface area contributed by atoms with Crippen molar-refractivity contribution in [1.82, 2.24) is 29.4 Å². The molecule has 3 aromatic heterocycles. The van der Waals surface area contributed by atoms with Gasteiger partial charge in [0.25, 0.3) is 0 Å². The molecule has 2 aliphatic rings. The Morgan fingerprint density at radius 3 is 2.71 bits per heavy atom. The van der Waals surface area contributed by atoms with Crippen LogP contribution < -0.4 is 15.8 Å². The Balaban J connectivity index is 1.37. The molecule has 0 spiro atoms. The number of hydrogen-bond acceptors (Lipinski definition) is 8. The van der Waals surface area contributed by atoms with Crippen LogP contribution in [0.25, 0.3) is 11.3 Å². The van der Waals surface area contributed by atoms with E-state index in [9.17, 15) is 10.1 Å². The Bertz CT molecular complexity index is 1250. The Morgan fingerprint density at radius 2 is 2.03 bits per heavy atom. The summed E-state index contributed by atoms with van der Waals surface area (Å²) >= 11 is 0. The van der Waals surface area contributed by atoms with Crippen molar-refractivity contribution in [2.45, 2.75) is 31.7 Å². The monoisotopic (exact) mass is 459 g/mol. The van der Waals surface area contributed by atoms with Crippen LogP contribution in [-0.4, -0.2) is 69.2 Å². The van der Waals surface area contributed by atoms with Crippen molar-refractivity contribution in [3.05, 3.63) is 52.6 Å². The summed E-state index contributed by atoms with van der Waals surface area (Å²) in [5.41, 5.74) is 2.04. The van der Waals surface area contributed by atoms with Crippen molar-refractivity contribution in [3.8, 4) is 17.3 Å². The minimum atomic E-state index is -0.124. The highest BCUT2D eigenvalue weighted by molar-refractivity contribution is 5.65. The smallest absolute Gasteiger partial charge is 0.248 e. The fourth-order valence-electron chi connectivity index (χ4n) is 4.79. The molecule has 0 aliphatic carbocycles. The molecule has 10 nitrogen and oxygen atoms in total. The molecule has 2 fully saturated rings. The summed E-state index contributed by atoms with van der Waals surface area (Å²) in [6, 6.07) is 5.75. The van der Waals surface area contributed by atoms with E-state index in [1.54, 1.807) is 19.3 Å². The highest BCUT2D eigenvalue weighted by atomic mass is 16.1. The largest absolute Gasteiger partial charge is 0.372 e. The first-order valence-corrected chi connectivity index (χ1v) is 11.8. The molecule has 3 aromatic rings. The molecule has 5 rings (SSSR count). The normalized spacial score (nSPS) is 16.8. The second-order valence-corrected chi connectivity index (χ2v) is 8.86. The van der Waals surface area contributed by atoms with Crippen molar-refractivity contribution in [2.75, 3.05) is 50.0 Å². The van der Waals surface area contributed by atoms with E-state index >= 15 is 0 Å². The van der Waals surface area contributed by atoms with Crippen molar-refractivity contribution < 1.29 is 0 Å². The van der Waals surface area contributed by atoms with Crippen LogP contribution in [0.15, 0.2) is 35.6 Å². The third-order valence-corrected chi connectivity index (χ3v) is 6.82. The predicted octanol–water partition coefficient (Wildman–Crippen LogP) is 2.03. The summed E-state index contributed by atoms with van der Waals surface area (Å²) in [6.07, 6.45) is 8.37. The first kappa shape index (κ1) is 22.1. The van der Waals surface area contributed by atoms with Crippen LogP contribution in [0.4, 0.5) is 11.6 Å². The lowest BCUT2D eigenvalue weighted by Crippen LogP contribution is -2.39. The standard InChI is InChI=1S/C24H29N9O/c1-26-22-19(14-25)24(29-16-28-22)32-9-4-17(5-10-32)23-30-20(18-3-6-27-21(34)13-18)15-33(23)12-11-31-7-2-8-31/h3,6,13,15-17H,2,4-5,7-12H2,1H3,(H,27,34)(H,26,28,29). The van der Waals surface area contributed by atoms with Crippen LogP contribution in [-0.2, 0) is 6.54 Å². The number of pyridine rings is 1. The summed E-state index contributed by atoms with van der Waals surface area (Å²) in [4.78, 5) is 32.7. The summed E-state index contributed by atoms with van der Waals surface area (Å²) in [6.45, 7) is 5.81. The molecule has 0 saturated carbocycles. The highest BCUT2D eigenvalue weighted by Crippen LogP contribution is 2.33. The van der Waals surface area contributed by atoms with Crippen molar-refractivity contribution in [2.24, 2.45) is 0 Å². The molecule has 0 radical (unpaired) electrons. The van der Waals surface area contributed by atoms with Gasteiger partial charge in [0.15, 0.2) is 5.82 Å². The molecular weight excluding hydrogens is 430 g/mol. The van der Waals surface area contributed by atoms with Crippen LogP contribution in [0.5, 0.6) is 0 Å². The maximum atomic E-state index is 11.8. The first-order chi connectivity index (χ1) is 16.7. The molecule has 0 unspecified atom stereocenters. The maximum absolute atomic E-state index is 11.8. The van der Waals surface area contributed by atoms with Crippen molar-refractivity contribution in [3.63, 3.8) is 0 Å². The van der Waals surface area contributed by atoms with Gasteiger partial charge in [0.05, 0.1) is 5.69 Å². The highest BCUT2D eigenvalue weighted by Gasteiger charge is 2.28. The molecule has 0 aromatic carbocycles. The van der Waals surface area contributed by atoms with E-state index in [1.165, 1.54) is 12.7 Å². The molecule has 2 N–H and O–H groups in total. The maximum Gasteiger partial charge on any atom is 0.248 e. The Morgan fingerprint density at radius 1 is 1.21 bits per heavy atom. The van der Waals surface area contributed by atoms with Gasteiger partial charge < -0.3 is 24.7 Å². The summed E-state index contributed by atoms with van der Waals surface area (Å²) in [7, 11) is 1.76. The van der Waals surface area contributed by atoms with Gasteiger partial charge in [0.1, 0.15) is 29.6 Å². The Kier molecular flexibility index (Phi) is 6.27. The number of H-pyrrole nitrogens is 1. The van der Waals surface area contributed by atoms with E-state index in [1.807, 2.05) is 6.07 Å². The summed E-state index contributed by atoms with van der Waals surface area (Å²) in [5, 5.41) is 12.6. The van der Waals surface area contributed by atoms with Crippen molar-refractivity contribution >= 4 is 11.6 Å². The minimum absolute atomic E-state index is 0.124. The number of imidazole rings is 1. The molecule has 2 saturated heterocycles. The minimum Gasteiger partial charge on any atom is -0.372 e. The molecular formula is C24H29N9O. The third kappa shape index (κ3) is 4.39. The number of likely N-dealkylation sites (tertiary alicyclic amines) is 1. The average Bonchev–Trinajstić information content (AvgIpc) is 3.27. The zero-order chi connectivity index (χ0) is 23.5. The van der Waals surface area contributed by atoms with Gasteiger partial charge >= 0.3 is 0 Å². The van der Waals surface area contributed by atoms with Crippen LogP contribution in [0.2, 0.25) is 0 Å². The number of piperidine rings is 1. The molecule has 0 bridgehead atoms. The van der Waals surface area contributed by atoms with Gasteiger partial charge in [-0.25, -0.2) is 15.0 Å². The lowest BCUT2D eigenvalue weighted by atomic mass is 9.95. The van der Waals surface area contributed by atoms with Gasteiger partial charge in [0.2, 0.25) is 5.56 Å². The number of nitrogens with zero attached hydrogens (tertiary/aromatic N) is 7. The van der Waals surface area contributed by atoms with Gasteiger partial charge in [0, 0.05) is 63.2 Å². The van der Waals surface area contributed by atoms with E-state index in [4.69, 9.17) is 4.98 Å². The molecule has 34 heavy (non-hydrogen) atoms. The van der Waals surface area contributed by atoms with Gasteiger partial charge in [-0.3, -0.25) is 4.79 Å². The average molecular weight is 460 g/mol. The van der Waals surface area contributed by atoms with Gasteiger partial charge in [-0.1, -0.05) is 0 Å². The van der Waals surface area contributed by atoms with Gasteiger partial charge in [-0.05, 0) is 38.4 Å². The van der Waals surface area contributed by atoms with E-state index in [0.717, 1.165) is 69.2 Å². The molecule has 176 valence electrons. The summed E-state index contributed by atoms with van der Waals surface area (Å²) < 4.78 is 2.28. The SMILES string of the molecule is CNc1ncnc(N2CCC(c3nc(-c4cc[nH]c(=O)c4)cn3CCN3CCC3)CC2)c1C#N. The zero-order valence-electron chi connectivity index (χ0n) is 19.4. The number of nitrogens with one attached hydrogen (secondary N) is 2. The van der Waals surface area contributed by atoms with E-state index < -0.39 is 0 Å². The molecule has 5 heterocycles. The summed E-state index contributed by atoms with van der Waals surface area (Å²) in [5.74, 6) is 2.62. The van der Waals surface area contributed by atoms with Gasteiger partial charge in [-0.15, -0.1) is 0 Å². The Hall–Kier alpha value is -3.71. The lowest BCUT2D eigenvalue weighted by Gasteiger charge is -2.34. The lowest BCUT2D eigenvalue weighted by molar-refractivity contribution is 0.173. The second kappa shape index (κ2) is 9.65. The van der Waals surface area contributed by atoms with Crippen LogP contribution in [0.1, 0.15) is 36.6 Å². The fourth-order valence-corrected chi connectivity index (χ4v) is 4.79. The van der Waals surface area contributed by atoms with Crippen LogP contribution in [0.3, 0.4) is 0 Å². The van der Waals surface area contributed by atoms with Gasteiger partial charge in [-0.2, -0.15) is 5.26 Å². The van der Waals surface area contributed by atoms with Crippen LogP contribution >= 0.6 is 0 Å². The van der Waals surface area contributed by atoms with E-state index in [2.05, 4.69) is 46.9 Å². The van der Waals surface area contributed by atoms with Crippen molar-refractivity contribution in [1.29, 1.82) is 5.26 Å². The van der Waals surface area contributed by atoms with E-state index in [0.29, 0.717) is 23.1 Å². The number of anilines is 2. The number of hydrogen-bond donors (Lipinski definition) is 2. The number of nitriles is 1. The number of aromatic amines is 1. The molecule has 2 aliphatic heterocycles. The predicted molar refractivity (Wildman–Crippen MR) is 130 cm³/mol. The topological polar surface area (TPSA) is 119 Å². The molecule has 10 heteroatoms. The first-order valence-electron chi connectivity index (χ1n) is 11.8. The van der Waals surface area contributed by atoms with Crippen LogP contribution in [0, 0.1) is 11.3 Å². The second-order valence-electron chi connectivity index (χ2n) is 8.86. The Labute approximate surface area is 198 Å². The van der Waals surface area contributed by atoms with E-state index in [-0.39, 0.29) is 5.56 Å². The molecule has 0 amide bonds.